The smallest absolute Gasteiger partial charge is 0.125 e. The molecule has 2 aromatic heterocycles. The Morgan fingerprint density at radius 2 is 2.00 bits per heavy atom. The summed E-state index contributed by atoms with van der Waals surface area (Å²) in [6.07, 6.45) is 17.9. The van der Waals surface area contributed by atoms with Gasteiger partial charge in [-0.2, -0.15) is 5.10 Å². The Bertz CT molecular complexity index is 919. The third kappa shape index (κ3) is 5.04. The van der Waals surface area contributed by atoms with Crippen molar-refractivity contribution in [2.24, 2.45) is 16.8 Å². The average Bonchev–Trinajstić information content (AvgIpc) is 3.21. The average molecular weight is 454 g/mol. The zero-order valence-electron chi connectivity index (χ0n) is 20.0. The predicted octanol–water partition coefficient (Wildman–Crippen LogP) is 5.99. The van der Waals surface area contributed by atoms with E-state index in [1.54, 1.807) is 0 Å². The number of rotatable bonds is 10. The number of fused-ring (bicyclic) bond motifs is 1. The predicted molar refractivity (Wildman–Crippen MR) is 133 cm³/mol. The molecule has 32 heavy (non-hydrogen) atoms. The normalized spacial score (nSPS) is 22.5. The van der Waals surface area contributed by atoms with Crippen molar-refractivity contribution in [1.29, 1.82) is 0 Å². The molecule has 5 rings (SSSR count). The molecule has 2 aliphatic carbocycles. The monoisotopic (exact) mass is 453 g/mol. The Morgan fingerprint density at radius 3 is 2.75 bits per heavy atom. The lowest BCUT2D eigenvalue weighted by Crippen LogP contribution is -2.30. The molecule has 7 heteroatoms. The number of nitrogens with zero attached hydrogens (tertiary/aromatic N) is 4. The van der Waals surface area contributed by atoms with Crippen molar-refractivity contribution in [3.63, 3.8) is 0 Å². The Hall–Kier alpha value is -1.86. The maximum absolute atomic E-state index is 5.98. The number of nitrogens with one attached hydrogen (secondary N) is 1. The third-order valence-electron chi connectivity index (χ3n) is 7.41. The van der Waals surface area contributed by atoms with E-state index in [0.717, 1.165) is 24.3 Å². The van der Waals surface area contributed by atoms with Gasteiger partial charge in [-0.15, -0.1) is 0 Å². The molecule has 2 fully saturated rings. The number of hydrogen-bond acceptors (Lipinski definition) is 4. The van der Waals surface area contributed by atoms with Crippen molar-refractivity contribution in [1.82, 2.24) is 14.8 Å². The molecule has 2 saturated carbocycles. The van der Waals surface area contributed by atoms with Gasteiger partial charge in [0.05, 0.1) is 18.6 Å². The molecule has 2 unspecified atom stereocenters. The van der Waals surface area contributed by atoms with Gasteiger partial charge in [-0.3, -0.25) is 14.6 Å². The lowest BCUT2D eigenvalue weighted by Gasteiger charge is -2.27. The molecule has 2 atom stereocenters. The number of anilines is 1. The van der Waals surface area contributed by atoms with E-state index in [9.17, 15) is 0 Å². The highest BCUT2D eigenvalue weighted by Gasteiger charge is 2.34. The summed E-state index contributed by atoms with van der Waals surface area (Å²) < 4.78 is 8.27. The van der Waals surface area contributed by atoms with Crippen molar-refractivity contribution in [3.8, 4) is 0 Å². The molecular weight excluding hydrogens is 414 g/mol. The van der Waals surface area contributed by atoms with Gasteiger partial charge in [0.1, 0.15) is 18.6 Å². The number of H-pyrrole nitrogens is 1. The lowest BCUT2D eigenvalue weighted by atomic mass is 9.93. The highest BCUT2D eigenvalue weighted by atomic mass is 28.3. The summed E-state index contributed by atoms with van der Waals surface area (Å²) in [6, 6.07) is 3.91. The zero-order chi connectivity index (χ0) is 22.1. The van der Waals surface area contributed by atoms with Gasteiger partial charge in [0.15, 0.2) is 0 Å². The van der Waals surface area contributed by atoms with Gasteiger partial charge in [-0.1, -0.05) is 45.3 Å². The van der Waals surface area contributed by atoms with Gasteiger partial charge in [-0.05, 0) is 43.2 Å². The van der Waals surface area contributed by atoms with Crippen molar-refractivity contribution >= 4 is 20.2 Å². The Balaban J connectivity index is 1.28. The number of aromatic amines is 1. The first-order chi connectivity index (χ1) is 15.5. The first kappa shape index (κ1) is 22.0. The molecular formula is C25H39N5OSi. The molecule has 2 aromatic rings. The van der Waals surface area contributed by atoms with Crippen LogP contribution in [0.25, 0.3) is 0 Å². The Kier molecular flexibility index (Phi) is 6.30. The number of aliphatic imine (C=N–C) groups is 1. The molecule has 0 aromatic carbocycles. The molecule has 3 aliphatic rings. The van der Waals surface area contributed by atoms with E-state index in [2.05, 4.69) is 46.5 Å². The Morgan fingerprint density at radius 1 is 1.19 bits per heavy atom. The SMILES string of the molecule is C[Si](C)(C)CCOCN1C=NC(c2cnn(C(CC3CC3)C3CCCC3)c2)c2cc[nH]c21. The van der Waals surface area contributed by atoms with E-state index in [4.69, 9.17) is 14.8 Å². The molecule has 1 aliphatic heterocycles. The number of aromatic nitrogens is 3. The fraction of sp³-hybridized carbons (Fsp3) is 0.680. The first-order valence-electron chi connectivity index (χ1n) is 12.6. The van der Waals surface area contributed by atoms with Gasteiger partial charge < -0.3 is 9.72 Å². The zero-order valence-corrected chi connectivity index (χ0v) is 21.0. The van der Waals surface area contributed by atoms with Crippen molar-refractivity contribution in [2.45, 2.75) is 82.7 Å². The van der Waals surface area contributed by atoms with Crippen molar-refractivity contribution in [3.05, 3.63) is 35.8 Å². The van der Waals surface area contributed by atoms with Crippen molar-refractivity contribution in [2.75, 3.05) is 18.2 Å². The summed E-state index contributed by atoms with van der Waals surface area (Å²) in [5, 5.41) is 4.88. The molecule has 0 bridgehead atoms. The van der Waals surface area contributed by atoms with Crippen LogP contribution in [0, 0.1) is 11.8 Å². The van der Waals surface area contributed by atoms with E-state index < -0.39 is 8.07 Å². The summed E-state index contributed by atoms with van der Waals surface area (Å²) in [4.78, 5) is 10.4. The minimum absolute atomic E-state index is 0.00776. The van der Waals surface area contributed by atoms with Crippen LogP contribution in [-0.2, 0) is 4.74 Å². The first-order valence-corrected chi connectivity index (χ1v) is 16.3. The highest BCUT2D eigenvalue weighted by molar-refractivity contribution is 6.76. The second-order valence-electron chi connectivity index (χ2n) is 11.3. The number of hydrogen-bond donors (Lipinski definition) is 1. The summed E-state index contributed by atoms with van der Waals surface area (Å²) in [5.74, 6) is 2.81. The van der Waals surface area contributed by atoms with Crippen LogP contribution in [0.2, 0.25) is 25.7 Å². The van der Waals surface area contributed by atoms with Crippen LogP contribution < -0.4 is 4.90 Å². The summed E-state index contributed by atoms with van der Waals surface area (Å²) in [5.41, 5.74) is 2.40. The van der Waals surface area contributed by atoms with Crippen LogP contribution in [0.4, 0.5) is 5.82 Å². The Labute approximate surface area is 193 Å². The number of ether oxygens (including phenoxy) is 1. The highest BCUT2D eigenvalue weighted by Crippen LogP contribution is 2.44. The maximum atomic E-state index is 5.98. The molecule has 3 heterocycles. The second kappa shape index (κ2) is 9.18. The molecule has 0 radical (unpaired) electrons. The van der Waals surface area contributed by atoms with Gasteiger partial charge in [0, 0.05) is 38.2 Å². The van der Waals surface area contributed by atoms with Crippen LogP contribution >= 0.6 is 0 Å². The van der Waals surface area contributed by atoms with E-state index in [1.807, 2.05) is 18.7 Å². The third-order valence-corrected chi connectivity index (χ3v) is 9.12. The lowest BCUT2D eigenvalue weighted by molar-refractivity contribution is 0.155. The van der Waals surface area contributed by atoms with Gasteiger partial charge >= 0.3 is 0 Å². The molecule has 174 valence electrons. The van der Waals surface area contributed by atoms with Crippen LogP contribution in [0.3, 0.4) is 0 Å². The summed E-state index contributed by atoms with van der Waals surface area (Å²) >= 11 is 0. The summed E-state index contributed by atoms with van der Waals surface area (Å²) in [7, 11) is -1.08. The van der Waals surface area contributed by atoms with E-state index in [-0.39, 0.29) is 6.04 Å². The van der Waals surface area contributed by atoms with Crippen LogP contribution in [0.1, 0.15) is 68.2 Å². The minimum atomic E-state index is -1.08. The fourth-order valence-corrected chi connectivity index (χ4v) is 6.02. The molecule has 0 spiro atoms. The topological polar surface area (TPSA) is 58.4 Å². The molecule has 0 saturated heterocycles. The van der Waals surface area contributed by atoms with E-state index in [0.29, 0.717) is 12.8 Å². The van der Waals surface area contributed by atoms with Crippen LogP contribution in [0.15, 0.2) is 29.6 Å². The molecule has 1 N–H and O–H groups in total. The fourth-order valence-electron chi connectivity index (χ4n) is 5.26. The van der Waals surface area contributed by atoms with E-state index in [1.165, 1.54) is 62.1 Å². The van der Waals surface area contributed by atoms with Crippen LogP contribution in [0.5, 0.6) is 0 Å². The quantitative estimate of drug-likeness (QED) is 0.355. The van der Waals surface area contributed by atoms with Crippen molar-refractivity contribution < 1.29 is 4.74 Å². The van der Waals surface area contributed by atoms with Crippen LogP contribution in [-0.4, -0.2) is 42.5 Å². The minimum Gasteiger partial charge on any atom is -0.361 e. The van der Waals surface area contributed by atoms with Gasteiger partial charge in [-0.25, -0.2) is 0 Å². The van der Waals surface area contributed by atoms with E-state index >= 15 is 0 Å². The standard InChI is InChI=1S/C25H39N5OSi/c1-32(2,3)13-12-31-18-29-17-27-24(22-10-11-26-25(22)29)21-15-28-30(16-21)23(14-19-8-9-19)20-6-4-5-7-20/h10-11,15-17,19-20,23-24,26H,4-9,12-14,18H2,1-3H3. The van der Waals surface area contributed by atoms with Gasteiger partial charge in [0.25, 0.3) is 0 Å². The maximum Gasteiger partial charge on any atom is 0.125 e. The molecule has 0 amide bonds. The second-order valence-corrected chi connectivity index (χ2v) is 16.9. The summed E-state index contributed by atoms with van der Waals surface area (Å²) in [6.45, 7) is 8.51. The molecule has 6 nitrogen and oxygen atoms in total. The van der Waals surface area contributed by atoms with Gasteiger partial charge in [0.2, 0.25) is 0 Å². The largest absolute Gasteiger partial charge is 0.361 e.